The highest BCUT2D eigenvalue weighted by Crippen LogP contribution is 2.29. The lowest BCUT2D eigenvalue weighted by Gasteiger charge is -2.25. The fraction of sp³-hybridized carbons (Fsp3) is 0.278. The fourth-order valence-electron chi connectivity index (χ4n) is 4.96. The second-order valence-electron chi connectivity index (χ2n) is 11.4. The van der Waals surface area contributed by atoms with Crippen molar-refractivity contribution >= 4 is 17.5 Å². The smallest absolute Gasteiger partial charge is 0.416 e. The summed E-state index contributed by atoms with van der Waals surface area (Å²) in [7, 11) is 0. The predicted octanol–water partition coefficient (Wildman–Crippen LogP) is 5.21. The minimum absolute atomic E-state index is 0.00335. The van der Waals surface area contributed by atoms with Crippen molar-refractivity contribution in [3.63, 3.8) is 0 Å². The zero-order valence-corrected chi connectivity index (χ0v) is 26.9. The van der Waals surface area contributed by atoms with Crippen LogP contribution in [0.15, 0.2) is 91.0 Å². The van der Waals surface area contributed by atoms with Crippen LogP contribution in [0.2, 0.25) is 0 Å². The van der Waals surface area contributed by atoms with Gasteiger partial charge in [-0.1, -0.05) is 48.5 Å². The molecule has 0 spiro atoms. The molecule has 0 aliphatic heterocycles. The van der Waals surface area contributed by atoms with E-state index in [1.165, 1.54) is 30.3 Å². The third-order valence-electron chi connectivity index (χ3n) is 7.53. The molecule has 0 fully saturated rings. The zero-order chi connectivity index (χ0) is 36.3. The van der Waals surface area contributed by atoms with E-state index in [1.54, 1.807) is 6.92 Å². The van der Waals surface area contributed by atoms with E-state index >= 15 is 0 Å². The number of nitrogens with one attached hydrogen (secondary N) is 4. The Morgan fingerprint density at radius 3 is 2.14 bits per heavy atom. The molecule has 2 amide bonds. The lowest BCUT2D eigenvalue weighted by molar-refractivity contribution is -0.137. The van der Waals surface area contributed by atoms with E-state index in [1.807, 2.05) is 30.3 Å². The number of benzene rings is 4. The van der Waals surface area contributed by atoms with Gasteiger partial charge in [0.25, 0.3) is 11.8 Å². The second-order valence-corrected chi connectivity index (χ2v) is 11.4. The van der Waals surface area contributed by atoms with Crippen molar-refractivity contribution in [1.82, 2.24) is 16.0 Å². The van der Waals surface area contributed by atoms with Crippen LogP contribution in [-0.2, 0) is 12.7 Å². The highest BCUT2D eigenvalue weighted by molar-refractivity contribution is 6.01. The van der Waals surface area contributed by atoms with Gasteiger partial charge in [0.1, 0.15) is 24.0 Å². The quantitative estimate of drug-likeness (QED) is 0.0886. The van der Waals surface area contributed by atoms with E-state index in [0.717, 1.165) is 29.8 Å². The van der Waals surface area contributed by atoms with Gasteiger partial charge < -0.3 is 36.2 Å². The van der Waals surface area contributed by atoms with Crippen LogP contribution in [0.4, 0.5) is 27.6 Å². The Morgan fingerprint density at radius 1 is 0.840 bits per heavy atom. The third kappa shape index (κ3) is 11.3. The molecule has 4 aromatic carbocycles. The molecule has 4 rings (SSSR count). The van der Waals surface area contributed by atoms with Crippen LogP contribution < -0.4 is 26.0 Å². The number of rotatable bonds is 16. The molecule has 0 aromatic heterocycles. The number of alkyl halides is 3. The summed E-state index contributed by atoms with van der Waals surface area (Å²) in [5.41, 5.74) is 0.763. The summed E-state index contributed by atoms with van der Waals surface area (Å²) in [5, 5.41) is 31.7. The molecule has 0 aliphatic carbocycles. The van der Waals surface area contributed by atoms with Gasteiger partial charge in [-0.3, -0.25) is 9.59 Å². The number of carbonyl (C=O) groups excluding carboxylic acids is 2. The molecule has 266 valence electrons. The lowest BCUT2D eigenvalue weighted by Crippen LogP contribution is -2.50. The molecular formula is C36H37F5N4O5. The summed E-state index contributed by atoms with van der Waals surface area (Å²) in [6, 6.07) is 19.0. The third-order valence-corrected chi connectivity index (χ3v) is 7.53. The van der Waals surface area contributed by atoms with E-state index in [2.05, 4.69) is 21.3 Å². The van der Waals surface area contributed by atoms with Crippen LogP contribution in [-0.4, -0.2) is 60.5 Å². The summed E-state index contributed by atoms with van der Waals surface area (Å²) in [6.45, 7) is 0.922. The molecule has 50 heavy (non-hydrogen) atoms. The first kappa shape index (κ1) is 37.8. The molecule has 3 atom stereocenters. The largest absolute Gasteiger partial charge is 0.491 e. The highest BCUT2D eigenvalue weighted by Gasteiger charge is 2.30. The van der Waals surface area contributed by atoms with E-state index in [-0.39, 0.29) is 49.2 Å². The molecule has 14 heteroatoms. The van der Waals surface area contributed by atoms with Crippen molar-refractivity contribution in [3.8, 4) is 5.75 Å². The average Bonchev–Trinajstić information content (AvgIpc) is 3.08. The molecule has 6 N–H and O–H groups in total. The van der Waals surface area contributed by atoms with Crippen molar-refractivity contribution < 1.29 is 46.5 Å². The minimum Gasteiger partial charge on any atom is -0.491 e. The Balaban J connectivity index is 1.53. The van der Waals surface area contributed by atoms with Gasteiger partial charge in [0, 0.05) is 54.6 Å². The van der Waals surface area contributed by atoms with Gasteiger partial charge >= 0.3 is 6.18 Å². The van der Waals surface area contributed by atoms with Crippen LogP contribution in [0.25, 0.3) is 0 Å². The topological polar surface area (TPSA) is 132 Å². The van der Waals surface area contributed by atoms with Gasteiger partial charge in [0.05, 0.1) is 30.4 Å². The maximum atomic E-state index is 13.8. The molecule has 0 bridgehead atoms. The van der Waals surface area contributed by atoms with Crippen molar-refractivity contribution in [2.45, 2.75) is 37.8 Å². The monoisotopic (exact) mass is 700 g/mol. The molecule has 0 aliphatic rings. The first-order valence-corrected chi connectivity index (χ1v) is 15.6. The SMILES string of the molecule is C[C@@H](NC(=O)c1cc(NCCO)cc(C(=O)N[C@@H](COc2cc(F)cc(F)c2)[C@H](O)CNCc2cccc(C(F)(F)F)c2)c1)c1ccccc1. The Labute approximate surface area is 285 Å². The van der Waals surface area contributed by atoms with E-state index in [0.29, 0.717) is 17.3 Å². The molecule has 9 nitrogen and oxygen atoms in total. The molecule has 4 aromatic rings. The maximum absolute atomic E-state index is 13.8. The highest BCUT2D eigenvalue weighted by atomic mass is 19.4. The average molecular weight is 701 g/mol. The molecule has 0 radical (unpaired) electrons. The van der Waals surface area contributed by atoms with Gasteiger partial charge in [-0.15, -0.1) is 0 Å². The Morgan fingerprint density at radius 2 is 1.50 bits per heavy atom. The summed E-state index contributed by atoms with van der Waals surface area (Å²) >= 11 is 0. The van der Waals surface area contributed by atoms with Crippen LogP contribution in [0, 0.1) is 11.6 Å². The lowest BCUT2D eigenvalue weighted by atomic mass is 10.0. The van der Waals surface area contributed by atoms with Crippen molar-refractivity contribution in [1.29, 1.82) is 0 Å². The Bertz CT molecular complexity index is 1720. The normalized spacial score (nSPS) is 13.2. The Hall–Kier alpha value is -5.05. The molecule has 0 saturated carbocycles. The van der Waals surface area contributed by atoms with E-state index in [4.69, 9.17) is 4.74 Å². The first-order chi connectivity index (χ1) is 23.8. The number of hydrogen-bond donors (Lipinski definition) is 6. The number of amides is 2. The van der Waals surface area contributed by atoms with Gasteiger partial charge in [-0.2, -0.15) is 13.2 Å². The number of ether oxygens (including phenoxy) is 1. The summed E-state index contributed by atoms with van der Waals surface area (Å²) in [6.07, 6.45) is -5.95. The predicted molar refractivity (Wildman–Crippen MR) is 177 cm³/mol. The summed E-state index contributed by atoms with van der Waals surface area (Å²) in [4.78, 5) is 26.9. The molecular weight excluding hydrogens is 663 g/mol. The molecule has 0 unspecified atom stereocenters. The maximum Gasteiger partial charge on any atom is 0.416 e. The number of aliphatic hydroxyl groups is 2. The Kier molecular flexibility index (Phi) is 13.3. The first-order valence-electron chi connectivity index (χ1n) is 15.6. The van der Waals surface area contributed by atoms with Crippen LogP contribution in [0.1, 0.15) is 50.4 Å². The van der Waals surface area contributed by atoms with Crippen LogP contribution >= 0.6 is 0 Å². The fourth-order valence-corrected chi connectivity index (χ4v) is 4.96. The van der Waals surface area contributed by atoms with Crippen LogP contribution in [0.3, 0.4) is 0 Å². The van der Waals surface area contributed by atoms with E-state index < -0.39 is 53.9 Å². The van der Waals surface area contributed by atoms with Gasteiger partial charge in [-0.25, -0.2) is 8.78 Å². The number of halogens is 5. The minimum atomic E-state index is -4.54. The number of carbonyl (C=O) groups is 2. The second kappa shape index (κ2) is 17.6. The van der Waals surface area contributed by atoms with E-state index in [9.17, 15) is 41.8 Å². The number of aliphatic hydroxyl groups excluding tert-OH is 2. The molecule has 0 saturated heterocycles. The summed E-state index contributed by atoms with van der Waals surface area (Å²) in [5.74, 6) is -3.28. The van der Waals surface area contributed by atoms with Gasteiger partial charge in [-0.05, 0) is 42.3 Å². The van der Waals surface area contributed by atoms with Gasteiger partial charge in [0.15, 0.2) is 0 Å². The summed E-state index contributed by atoms with van der Waals surface area (Å²) < 4.78 is 72.6. The number of anilines is 1. The van der Waals surface area contributed by atoms with Crippen molar-refractivity contribution in [2.24, 2.45) is 0 Å². The van der Waals surface area contributed by atoms with Crippen molar-refractivity contribution in [2.75, 3.05) is 31.6 Å². The zero-order valence-electron chi connectivity index (χ0n) is 26.9. The van der Waals surface area contributed by atoms with Crippen molar-refractivity contribution in [3.05, 3.63) is 130 Å². The van der Waals surface area contributed by atoms with Gasteiger partial charge in [0.2, 0.25) is 0 Å². The van der Waals surface area contributed by atoms with Crippen LogP contribution in [0.5, 0.6) is 5.75 Å². The standard InChI is InChI=1S/C36H37F5N4O5/c1-22(24-7-3-2-4-8-24)44-34(48)25-13-26(15-30(14-25)43-10-11-46)35(49)45-32(21-50-31-17-28(37)16-29(38)18-31)33(47)20-42-19-23-6-5-9-27(12-23)36(39,40)41/h2-9,12-18,22,32-33,42-43,46-47H,10-11,19-21H2,1H3,(H,44,48)(H,45,49)/t22-,32+,33-/m1/s1. The molecule has 0 heterocycles. The number of hydrogen-bond acceptors (Lipinski definition) is 7.